The molecule has 0 aromatic heterocycles. The summed E-state index contributed by atoms with van der Waals surface area (Å²) in [5.41, 5.74) is -0.928. The van der Waals surface area contributed by atoms with Crippen molar-refractivity contribution < 1.29 is 24.5 Å². The summed E-state index contributed by atoms with van der Waals surface area (Å²) in [6.07, 6.45) is 2.72. The Hall–Kier alpha value is -1.34. The predicted octanol–water partition coefficient (Wildman–Crippen LogP) is 0.0341. The van der Waals surface area contributed by atoms with Gasteiger partial charge in [0.15, 0.2) is 0 Å². The van der Waals surface area contributed by atoms with Gasteiger partial charge in [0.1, 0.15) is 0 Å². The Morgan fingerprint density at radius 3 is 2.45 bits per heavy atom. The predicted molar refractivity (Wildman–Crippen MR) is 70.3 cm³/mol. The average Bonchev–Trinajstić information content (AvgIpc) is 3.27. The highest BCUT2D eigenvalue weighted by Gasteiger charge is 2.41. The summed E-state index contributed by atoms with van der Waals surface area (Å²) in [6, 6.07) is -0.0914. The number of hydrogen-bond donors (Lipinski definition) is 3. The minimum Gasteiger partial charge on any atom is -0.481 e. The van der Waals surface area contributed by atoms with Gasteiger partial charge in [0, 0.05) is 32.3 Å². The van der Waals surface area contributed by atoms with Crippen LogP contribution in [0.1, 0.15) is 25.7 Å². The van der Waals surface area contributed by atoms with E-state index in [0.29, 0.717) is 32.6 Å². The van der Waals surface area contributed by atoms with E-state index in [-0.39, 0.29) is 25.2 Å². The van der Waals surface area contributed by atoms with Crippen molar-refractivity contribution >= 4 is 12.0 Å². The molecule has 2 rings (SSSR count). The summed E-state index contributed by atoms with van der Waals surface area (Å²) in [4.78, 5) is 25.2. The summed E-state index contributed by atoms with van der Waals surface area (Å²) in [5, 5.41) is 21.1. The quantitative estimate of drug-likeness (QED) is 0.640. The van der Waals surface area contributed by atoms with Crippen molar-refractivity contribution in [2.24, 2.45) is 5.41 Å². The van der Waals surface area contributed by atoms with Gasteiger partial charge in [-0.1, -0.05) is 0 Å². The second-order valence-corrected chi connectivity index (χ2v) is 5.50. The lowest BCUT2D eigenvalue weighted by Crippen LogP contribution is -2.50. The fourth-order valence-electron chi connectivity index (χ4n) is 2.52. The third-order valence-electron chi connectivity index (χ3n) is 4.07. The van der Waals surface area contributed by atoms with Gasteiger partial charge < -0.3 is 25.2 Å². The first-order chi connectivity index (χ1) is 9.59. The third-order valence-corrected chi connectivity index (χ3v) is 4.07. The number of nitrogens with one attached hydrogen (secondary N) is 1. The van der Waals surface area contributed by atoms with E-state index in [4.69, 9.17) is 9.84 Å². The first-order valence-electron chi connectivity index (χ1n) is 7.05. The highest BCUT2D eigenvalue weighted by Crippen LogP contribution is 2.31. The number of aliphatic hydroxyl groups excluding tert-OH is 1. The molecule has 1 aliphatic heterocycles. The zero-order valence-electron chi connectivity index (χ0n) is 11.5. The van der Waals surface area contributed by atoms with Crippen LogP contribution in [0, 0.1) is 5.41 Å². The van der Waals surface area contributed by atoms with Crippen molar-refractivity contribution in [1.29, 1.82) is 0 Å². The van der Waals surface area contributed by atoms with Crippen molar-refractivity contribution in [1.82, 2.24) is 10.2 Å². The number of aliphatic carboxylic acids is 1. The number of amides is 2. The number of hydrogen-bond acceptors (Lipinski definition) is 4. The molecule has 0 unspecified atom stereocenters. The Kier molecular flexibility index (Phi) is 4.82. The number of carboxylic acid groups (broad SMARTS) is 1. The topological polar surface area (TPSA) is 99.1 Å². The molecule has 1 saturated carbocycles. The lowest BCUT2D eigenvalue weighted by molar-refractivity contribution is -0.154. The maximum atomic E-state index is 12.1. The van der Waals surface area contributed by atoms with E-state index in [1.165, 1.54) is 0 Å². The molecule has 7 heteroatoms. The second kappa shape index (κ2) is 6.41. The van der Waals surface area contributed by atoms with Gasteiger partial charge in [-0.3, -0.25) is 4.79 Å². The smallest absolute Gasteiger partial charge is 0.317 e. The summed E-state index contributed by atoms with van der Waals surface area (Å²) < 4.78 is 5.20. The molecule has 2 amide bonds. The zero-order chi connectivity index (χ0) is 14.6. The van der Waals surface area contributed by atoms with Crippen molar-refractivity contribution in [3.05, 3.63) is 0 Å². The Labute approximate surface area is 117 Å². The fraction of sp³-hybridized carbons (Fsp3) is 0.846. The molecule has 2 fully saturated rings. The van der Waals surface area contributed by atoms with E-state index < -0.39 is 11.4 Å². The first-order valence-corrected chi connectivity index (χ1v) is 7.05. The molecule has 0 atom stereocenters. The average molecular weight is 286 g/mol. The van der Waals surface area contributed by atoms with Gasteiger partial charge >= 0.3 is 12.0 Å². The minimum atomic E-state index is -0.928. The Balaban J connectivity index is 1.91. The van der Waals surface area contributed by atoms with E-state index in [1.54, 1.807) is 4.90 Å². The molecule has 0 bridgehead atoms. The highest BCUT2D eigenvalue weighted by atomic mass is 16.5. The molecule has 0 spiro atoms. The third kappa shape index (κ3) is 3.40. The number of ether oxygens (including phenoxy) is 1. The molecule has 0 aromatic rings. The summed E-state index contributed by atoms with van der Waals surface area (Å²) in [6.45, 7) is 1.14. The summed E-state index contributed by atoms with van der Waals surface area (Å²) >= 11 is 0. The fourth-order valence-corrected chi connectivity index (χ4v) is 2.52. The number of carbonyl (C=O) groups excluding carboxylic acids is 1. The van der Waals surface area contributed by atoms with Crippen LogP contribution in [0.5, 0.6) is 0 Å². The molecule has 0 aromatic carbocycles. The van der Waals surface area contributed by atoms with Crippen LogP contribution < -0.4 is 5.32 Å². The van der Waals surface area contributed by atoms with Crippen LogP contribution in [-0.4, -0.2) is 66.1 Å². The van der Waals surface area contributed by atoms with Crippen LogP contribution >= 0.6 is 0 Å². The molecule has 3 N–H and O–H groups in total. The zero-order valence-corrected chi connectivity index (χ0v) is 11.5. The number of carbonyl (C=O) groups is 2. The van der Waals surface area contributed by atoms with Gasteiger partial charge in [-0.05, 0) is 25.7 Å². The minimum absolute atomic E-state index is 0.0815. The Bertz CT molecular complexity index is 364. The monoisotopic (exact) mass is 286 g/mol. The van der Waals surface area contributed by atoms with Crippen LogP contribution in [0.4, 0.5) is 4.79 Å². The summed E-state index contributed by atoms with van der Waals surface area (Å²) in [7, 11) is 0. The standard InChI is InChI=1S/C13H22N2O5/c16-6-5-15(10-1-2-10)12(19)14-9-13(11(17)18)3-7-20-8-4-13/h10,16H,1-9H2,(H,14,19)(H,17,18). The molecular formula is C13H22N2O5. The molecule has 1 aliphatic carbocycles. The molecule has 7 nitrogen and oxygen atoms in total. The second-order valence-electron chi connectivity index (χ2n) is 5.50. The number of aliphatic hydroxyl groups is 1. The molecular weight excluding hydrogens is 264 g/mol. The van der Waals surface area contributed by atoms with Crippen LogP contribution in [0.2, 0.25) is 0 Å². The van der Waals surface area contributed by atoms with E-state index >= 15 is 0 Å². The number of urea groups is 1. The highest BCUT2D eigenvalue weighted by molar-refractivity contribution is 5.78. The van der Waals surface area contributed by atoms with Gasteiger partial charge in [0.2, 0.25) is 0 Å². The normalized spacial score (nSPS) is 21.2. The first kappa shape index (κ1) is 15.1. The van der Waals surface area contributed by atoms with Crippen molar-refractivity contribution in [3.63, 3.8) is 0 Å². The number of rotatable bonds is 6. The molecule has 1 saturated heterocycles. The number of carboxylic acids is 1. The van der Waals surface area contributed by atoms with Crippen molar-refractivity contribution in [2.75, 3.05) is 32.9 Å². The molecule has 20 heavy (non-hydrogen) atoms. The van der Waals surface area contributed by atoms with Gasteiger partial charge in [0.25, 0.3) is 0 Å². The van der Waals surface area contributed by atoms with Crippen LogP contribution in [0.15, 0.2) is 0 Å². The molecule has 1 heterocycles. The Morgan fingerprint density at radius 1 is 1.30 bits per heavy atom. The van der Waals surface area contributed by atoms with Gasteiger partial charge in [0.05, 0.1) is 12.0 Å². The van der Waals surface area contributed by atoms with E-state index in [2.05, 4.69) is 5.32 Å². The molecule has 114 valence electrons. The molecule has 0 radical (unpaired) electrons. The van der Waals surface area contributed by atoms with Gasteiger partial charge in [-0.15, -0.1) is 0 Å². The van der Waals surface area contributed by atoms with Gasteiger partial charge in [-0.25, -0.2) is 4.79 Å². The number of nitrogens with zero attached hydrogens (tertiary/aromatic N) is 1. The van der Waals surface area contributed by atoms with Gasteiger partial charge in [-0.2, -0.15) is 0 Å². The SMILES string of the molecule is O=C(NCC1(C(=O)O)CCOCC1)N(CCO)C1CC1. The lowest BCUT2D eigenvalue weighted by atomic mass is 9.80. The van der Waals surface area contributed by atoms with Crippen LogP contribution in [-0.2, 0) is 9.53 Å². The largest absolute Gasteiger partial charge is 0.481 e. The van der Waals surface area contributed by atoms with Crippen LogP contribution in [0.3, 0.4) is 0 Å². The summed E-state index contributed by atoms with van der Waals surface area (Å²) in [5.74, 6) is -0.888. The van der Waals surface area contributed by atoms with E-state index in [9.17, 15) is 14.7 Å². The lowest BCUT2D eigenvalue weighted by Gasteiger charge is -2.34. The molecule has 2 aliphatic rings. The maximum absolute atomic E-state index is 12.1. The van der Waals surface area contributed by atoms with Crippen LogP contribution in [0.25, 0.3) is 0 Å². The van der Waals surface area contributed by atoms with E-state index in [1.807, 2.05) is 0 Å². The van der Waals surface area contributed by atoms with Crippen molar-refractivity contribution in [2.45, 2.75) is 31.7 Å². The maximum Gasteiger partial charge on any atom is 0.317 e. The van der Waals surface area contributed by atoms with E-state index in [0.717, 1.165) is 12.8 Å². The Morgan fingerprint density at radius 2 is 1.95 bits per heavy atom. The van der Waals surface area contributed by atoms with Crippen molar-refractivity contribution in [3.8, 4) is 0 Å².